The highest BCUT2D eigenvalue weighted by Gasteiger charge is 2.34. The van der Waals surface area contributed by atoms with Crippen LogP contribution in [-0.2, 0) is 17.6 Å². The van der Waals surface area contributed by atoms with Crippen LogP contribution in [0.25, 0.3) is 22.3 Å². The van der Waals surface area contributed by atoms with Gasteiger partial charge in [0.25, 0.3) is 0 Å². The highest BCUT2D eigenvalue weighted by Crippen LogP contribution is 2.30. The van der Waals surface area contributed by atoms with Crippen molar-refractivity contribution in [1.29, 1.82) is 0 Å². The molecule has 3 heterocycles. The summed E-state index contributed by atoms with van der Waals surface area (Å²) in [5, 5.41) is 0.925. The lowest BCUT2D eigenvalue weighted by Gasteiger charge is -2.12. The molecule has 0 aliphatic rings. The van der Waals surface area contributed by atoms with Gasteiger partial charge < -0.3 is 9.30 Å². The van der Waals surface area contributed by atoms with Crippen molar-refractivity contribution in [2.75, 3.05) is 6.61 Å². The second-order valence-electron chi connectivity index (χ2n) is 6.84. The van der Waals surface area contributed by atoms with E-state index in [-0.39, 0.29) is 6.73 Å². The maximum Gasteiger partial charge on any atom is 0.451 e. The van der Waals surface area contributed by atoms with Crippen LogP contribution >= 0.6 is 0 Å². The van der Waals surface area contributed by atoms with E-state index in [1.165, 1.54) is 12.4 Å². The topological polar surface area (TPSA) is 52.8 Å². The van der Waals surface area contributed by atoms with Crippen molar-refractivity contribution in [2.45, 2.75) is 39.0 Å². The van der Waals surface area contributed by atoms with Gasteiger partial charge in [0, 0.05) is 44.9 Å². The molecule has 0 spiro atoms. The summed E-state index contributed by atoms with van der Waals surface area (Å²) in [7, 11) is -0.709. The molecule has 0 saturated carbocycles. The molecule has 9 heteroatoms. The lowest BCUT2D eigenvalue weighted by atomic mass is 10.2. The van der Waals surface area contributed by atoms with Gasteiger partial charge >= 0.3 is 6.18 Å². The van der Waals surface area contributed by atoms with Crippen molar-refractivity contribution < 1.29 is 17.9 Å². The molecular formula is C18H21F3N4OSi. The van der Waals surface area contributed by atoms with Gasteiger partial charge in [-0.3, -0.25) is 0 Å². The molecule has 0 aromatic carbocycles. The summed E-state index contributed by atoms with van der Waals surface area (Å²) in [6, 6.07) is 4.85. The minimum absolute atomic E-state index is 0.275. The predicted octanol–water partition coefficient (Wildman–Crippen LogP) is 4.28. The Morgan fingerprint density at radius 2 is 1.85 bits per heavy atom. The van der Waals surface area contributed by atoms with Crippen molar-refractivity contribution in [3.8, 4) is 11.3 Å². The summed E-state index contributed by atoms with van der Waals surface area (Å²) in [6.45, 7) is 7.40. The van der Waals surface area contributed by atoms with Crippen LogP contribution in [-0.4, -0.2) is 34.9 Å². The fourth-order valence-electron chi connectivity index (χ4n) is 2.73. The van der Waals surface area contributed by atoms with Gasteiger partial charge in [-0.1, -0.05) is 13.1 Å². The van der Waals surface area contributed by atoms with E-state index in [4.69, 9.17) is 4.74 Å². The van der Waals surface area contributed by atoms with Crippen molar-refractivity contribution in [3.63, 3.8) is 0 Å². The van der Waals surface area contributed by atoms with Crippen LogP contribution in [0.2, 0.25) is 19.1 Å². The van der Waals surface area contributed by atoms with E-state index >= 15 is 0 Å². The first-order valence-corrected chi connectivity index (χ1v) is 11.8. The molecular weight excluding hydrogens is 373 g/mol. The van der Waals surface area contributed by atoms with Crippen LogP contribution in [0.1, 0.15) is 11.4 Å². The number of nitrogens with zero attached hydrogens (tertiary/aromatic N) is 4. The number of aromatic nitrogens is 4. The number of alkyl halides is 3. The van der Waals surface area contributed by atoms with Gasteiger partial charge in [-0.2, -0.15) is 13.2 Å². The number of fused-ring (bicyclic) bond motifs is 1. The monoisotopic (exact) mass is 394 g/mol. The molecule has 0 atom stereocenters. The third kappa shape index (κ3) is 4.36. The quantitative estimate of drug-likeness (QED) is 0.463. The van der Waals surface area contributed by atoms with Gasteiger partial charge in [0.1, 0.15) is 12.4 Å². The van der Waals surface area contributed by atoms with Crippen molar-refractivity contribution in [2.24, 2.45) is 0 Å². The number of hydrogen-bond donors (Lipinski definition) is 0. The average Bonchev–Trinajstić information content (AvgIpc) is 2.98. The Morgan fingerprint density at radius 1 is 1.15 bits per heavy atom. The molecule has 0 saturated heterocycles. The average molecular weight is 394 g/mol. The number of rotatable bonds is 6. The van der Waals surface area contributed by atoms with Crippen molar-refractivity contribution >= 4 is 19.8 Å². The maximum absolute atomic E-state index is 12.7. The number of hydrogen-bond acceptors (Lipinski definition) is 4. The van der Waals surface area contributed by atoms with Gasteiger partial charge in [0.05, 0.1) is 5.69 Å². The normalized spacial score (nSPS) is 12.3. The molecule has 0 unspecified atom stereocenters. The van der Waals surface area contributed by atoms with Gasteiger partial charge in [-0.15, -0.1) is 0 Å². The third-order valence-corrected chi connectivity index (χ3v) is 5.67. The lowest BCUT2D eigenvalue weighted by molar-refractivity contribution is -0.144. The van der Waals surface area contributed by atoms with E-state index in [9.17, 15) is 13.2 Å². The van der Waals surface area contributed by atoms with Gasteiger partial charge in [0.15, 0.2) is 0 Å². The molecule has 144 valence electrons. The minimum Gasteiger partial charge on any atom is -0.361 e. The third-order valence-electron chi connectivity index (χ3n) is 4.28. The zero-order valence-electron chi connectivity index (χ0n) is 15.4. The first-order valence-electron chi connectivity index (χ1n) is 8.69. The SMILES string of the molecule is Cc1ccnc2c1cc(-c1cnc(C(F)(F)F)nc1)n2COCC[SiH](C)C. The summed E-state index contributed by atoms with van der Waals surface area (Å²) in [6.07, 6.45) is -0.469. The van der Waals surface area contributed by atoms with E-state index in [2.05, 4.69) is 28.0 Å². The van der Waals surface area contributed by atoms with E-state index in [1.54, 1.807) is 6.20 Å². The summed E-state index contributed by atoms with van der Waals surface area (Å²) in [5.74, 6) is -1.15. The Hall–Kier alpha value is -2.26. The zero-order valence-corrected chi connectivity index (χ0v) is 16.6. The fraction of sp³-hybridized carbons (Fsp3) is 0.389. The standard InChI is InChI=1S/C18H21F3N4OSi/c1-12-4-5-22-16-14(12)8-15(25(16)11-26-6-7-27(2)3)13-9-23-17(24-10-13)18(19,20)21/h4-5,8-10,27H,6-7,11H2,1-3H3. The Kier molecular flexibility index (Phi) is 5.61. The molecule has 3 aromatic heterocycles. The number of halogens is 3. The van der Waals surface area contributed by atoms with E-state index in [0.29, 0.717) is 17.9 Å². The first kappa shape index (κ1) is 19.5. The fourth-order valence-corrected chi connectivity index (χ4v) is 3.37. The highest BCUT2D eigenvalue weighted by atomic mass is 28.3. The highest BCUT2D eigenvalue weighted by molar-refractivity contribution is 6.55. The second kappa shape index (κ2) is 7.77. The Labute approximate surface area is 156 Å². The van der Waals surface area contributed by atoms with Gasteiger partial charge in [-0.25, -0.2) is 15.0 Å². The molecule has 5 nitrogen and oxygen atoms in total. The van der Waals surface area contributed by atoms with Crippen LogP contribution in [0.15, 0.2) is 30.7 Å². The van der Waals surface area contributed by atoms with Gasteiger partial charge in [-0.05, 0) is 30.7 Å². The molecule has 0 N–H and O–H groups in total. The van der Waals surface area contributed by atoms with Gasteiger partial charge in [0.2, 0.25) is 5.82 Å². The van der Waals surface area contributed by atoms with Crippen LogP contribution in [0.4, 0.5) is 13.2 Å². The summed E-state index contributed by atoms with van der Waals surface area (Å²) in [4.78, 5) is 11.4. The zero-order chi connectivity index (χ0) is 19.6. The van der Waals surface area contributed by atoms with Crippen molar-refractivity contribution in [3.05, 3.63) is 42.1 Å². The lowest BCUT2D eigenvalue weighted by Crippen LogP contribution is -2.11. The summed E-state index contributed by atoms with van der Waals surface area (Å²) < 4.78 is 45.9. The van der Waals surface area contributed by atoms with Crippen LogP contribution < -0.4 is 0 Å². The summed E-state index contributed by atoms with van der Waals surface area (Å²) >= 11 is 0. The van der Waals surface area contributed by atoms with Crippen LogP contribution in [0.3, 0.4) is 0 Å². The largest absolute Gasteiger partial charge is 0.451 e. The molecule has 0 bridgehead atoms. The summed E-state index contributed by atoms with van der Waals surface area (Å²) in [5.41, 5.74) is 2.93. The molecule has 0 fully saturated rings. The maximum atomic E-state index is 12.7. The second-order valence-corrected chi connectivity index (χ2v) is 10.2. The molecule has 0 amide bonds. The molecule has 27 heavy (non-hydrogen) atoms. The van der Waals surface area contributed by atoms with Crippen LogP contribution in [0, 0.1) is 6.92 Å². The Morgan fingerprint density at radius 3 is 2.48 bits per heavy atom. The van der Waals surface area contributed by atoms with E-state index in [1.807, 2.05) is 23.6 Å². The molecule has 0 aliphatic heterocycles. The number of aryl methyl sites for hydroxylation is 1. The minimum atomic E-state index is -4.56. The smallest absolute Gasteiger partial charge is 0.361 e. The molecule has 3 aromatic rings. The molecule has 3 rings (SSSR count). The Balaban J connectivity index is 1.98. The van der Waals surface area contributed by atoms with E-state index < -0.39 is 20.8 Å². The molecule has 0 radical (unpaired) electrons. The predicted molar refractivity (Wildman–Crippen MR) is 100 cm³/mol. The van der Waals surface area contributed by atoms with E-state index in [0.717, 1.165) is 22.6 Å². The van der Waals surface area contributed by atoms with Crippen LogP contribution in [0.5, 0.6) is 0 Å². The molecule has 0 aliphatic carbocycles. The first-order chi connectivity index (χ1) is 12.8. The number of pyridine rings is 1. The Bertz CT molecular complexity index is 923. The van der Waals surface area contributed by atoms with Crippen molar-refractivity contribution in [1.82, 2.24) is 19.5 Å². The number of ether oxygens (including phenoxy) is 1.